The molecule has 3 aromatic rings. The molecular formula is C30H38N4O4. The van der Waals surface area contributed by atoms with Gasteiger partial charge in [-0.15, -0.1) is 0 Å². The second-order valence-corrected chi connectivity index (χ2v) is 10.4. The van der Waals surface area contributed by atoms with Crippen molar-refractivity contribution >= 4 is 12.1 Å². The highest BCUT2D eigenvalue weighted by molar-refractivity contribution is 5.75. The summed E-state index contributed by atoms with van der Waals surface area (Å²) in [7, 11) is 0. The highest BCUT2D eigenvalue weighted by Gasteiger charge is 2.28. The van der Waals surface area contributed by atoms with Crippen molar-refractivity contribution in [2.24, 2.45) is 0 Å². The smallest absolute Gasteiger partial charge is 0.315 e. The van der Waals surface area contributed by atoms with Crippen molar-refractivity contribution in [2.45, 2.75) is 51.0 Å². The summed E-state index contributed by atoms with van der Waals surface area (Å²) in [5, 5.41) is 32.0. The van der Waals surface area contributed by atoms with Crippen LogP contribution in [0.4, 0.5) is 9.59 Å². The van der Waals surface area contributed by atoms with Crippen molar-refractivity contribution in [1.29, 1.82) is 0 Å². The minimum Gasteiger partial charge on any atom is -0.387 e. The molecule has 0 unspecified atom stereocenters. The Morgan fingerprint density at radius 2 is 1.00 bits per heavy atom. The van der Waals surface area contributed by atoms with Gasteiger partial charge in [-0.1, -0.05) is 84.9 Å². The molecule has 3 aromatic carbocycles. The van der Waals surface area contributed by atoms with Crippen molar-refractivity contribution in [3.05, 3.63) is 107 Å². The first kappa shape index (κ1) is 28.7. The Hall–Kier alpha value is -3.88. The molecule has 4 amide bonds. The summed E-state index contributed by atoms with van der Waals surface area (Å²) < 4.78 is 0. The number of carbonyl (C=O) groups is 2. The van der Waals surface area contributed by atoms with E-state index in [0.29, 0.717) is 0 Å². The minimum absolute atomic E-state index is 0.0804. The van der Waals surface area contributed by atoms with Crippen molar-refractivity contribution in [2.75, 3.05) is 13.1 Å². The van der Waals surface area contributed by atoms with Crippen LogP contribution in [0.15, 0.2) is 84.9 Å². The van der Waals surface area contributed by atoms with Crippen LogP contribution in [0.2, 0.25) is 0 Å². The molecular weight excluding hydrogens is 480 g/mol. The van der Waals surface area contributed by atoms with Gasteiger partial charge in [-0.3, -0.25) is 0 Å². The Bertz CT molecular complexity index is 1110. The highest BCUT2D eigenvalue weighted by atomic mass is 16.3. The average molecular weight is 519 g/mol. The maximum Gasteiger partial charge on any atom is 0.315 e. The van der Waals surface area contributed by atoms with Crippen LogP contribution in [0.3, 0.4) is 0 Å². The second-order valence-electron chi connectivity index (χ2n) is 10.4. The highest BCUT2D eigenvalue weighted by Crippen LogP contribution is 2.26. The first-order valence-electron chi connectivity index (χ1n) is 12.7. The summed E-state index contributed by atoms with van der Waals surface area (Å²) in [6, 6.07) is 25.2. The summed E-state index contributed by atoms with van der Waals surface area (Å²) in [6.45, 7) is 7.71. The lowest BCUT2D eigenvalue weighted by atomic mass is 9.87. The lowest BCUT2D eigenvalue weighted by Gasteiger charge is -2.31. The number of amides is 4. The molecule has 0 saturated carbocycles. The van der Waals surface area contributed by atoms with Gasteiger partial charge in [0.1, 0.15) is 0 Å². The zero-order chi connectivity index (χ0) is 27.8. The van der Waals surface area contributed by atoms with E-state index < -0.39 is 35.3 Å². The number of aliphatic hydroxyl groups is 2. The Labute approximate surface area is 224 Å². The number of hydrogen-bond donors (Lipinski definition) is 6. The molecule has 2 atom stereocenters. The topological polar surface area (TPSA) is 123 Å². The van der Waals surface area contributed by atoms with Gasteiger partial charge in [0.25, 0.3) is 0 Å². The summed E-state index contributed by atoms with van der Waals surface area (Å²) in [5.41, 5.74) is 1.71. The van der Waals surface area contributed by atoms with Gasteiger partial charge in [0, 0.05) is 13.1 Å². The molecule has 0 aliphatic heterocycles. The van der Waals surface area contributed by atoms with E-state index in [1.165, 1.54) is 0 Å². The van der Waals surface area contributed by atoms with E-state index in [2.05, 4.69) is 21.3 Å². The predicted octanol–water partition coefficient (Wildman–Crippen LogP) is 4.22. The van der Waals surface area contributed by atoms with Crippen LogP contribution in [-0.2, 0) is 11.1 Å². The Morgan fingerprint density at radius 3 is 1.37 bits per heavy atom. The summed E-state index contributed by atoms with van der Waals surface area (Å²) in [5.74, 6) is 0. The number of rotatable bonds is 10. The van der Waals surface area contributed by atoms with Crippen molar-refractivity contribution < 1.29 is 19.8 Å². The van der Waals surface area contributed by atoms with Crippen LogP contribution in [0.25, 0.3) is 0 Å². The zero-order valence-electron chi connectivity index (χ0n) is 22.4. The maximum absolute atomic E-state index is 12.6. The largest absolute Gasteiger partial charge is 0.387 e. The molecule has 0 saturated heterocycles. The van der Waals surface area contributed by atoms with Crippen LogP contribution in [0.5, 0.6) is 0 Å². The van der Waals surface area contributed by atoms with Crippen molar-refractivity contribution in [3.8, 4) is 0 Å². The van der Waals surface area contributed by atoms with E-state index in [1.807, 2.05) is 88.4 Å². The van der Waals surface area contributed by atoms with E-state index in [1.54, 1.807) is 24.3 Å². The quantitative estimate of drug-likeness (QED) is 0.241. The molecule has 8 heteroatoms. The van der Waals surface area contributed by atoms with Crippen LogP contribution < -0.4 is 21.3 Å². The third kappa shape index (κ3) is 8.06. The van der Waals surface area contributed by atoms with E-state index in [9.17, 15) is 19.8 Å². The van der Waals surface area contributed by atoms with Gasteiger partial charge < -0.3 is 31.5 Å². The van der Waals surface area contributed by atoms with E-state index in [0.717, 1.165) is 22.3 Å². The van der Waals surface area contributed by atoms with Crippen LogP contribution in [0, 0.1) is 0 Å². The molecule has 0 fully saturated rings. The number of aliphatic hydroxyl groups excluding tert-OH is 2. The third-order valence-corrected chi connectivity index (χ3v) is 6.44. The number of benzene rings is 3. The molecule has 0 radical (unpaired) electrons. The fourth-order valence-electron chi connectivity index (χ4n) is 4.06. The van der Waals surface area contributed by atoms with Gasteiger partial charge in [-0.2, -0.15) is 0 Å². The van der Waals surface area contributed by atoms with Gasteiger partial charge in [0.2, 0.25) is 0 Å². The summed E-state index contributed by atoms with van der Waals surface area (Å²) in [6.07, 6.45) is -1.61. The fourth-order valence-corrected chi connectivity index (χ4v) is 4.06. The summed E-state index contributed by atoms with van der Waals surface area (Å²) >= 11 is 0. The van der Waals surface area contributed by atoms with Gasteiger partial charge >= 0.3 is 12.1 Å². The Balaban J connectivity index is 1.57. The molecule has 0 aliphatic carbocycles. The molecule has 6 N–H and O–H groups in total. The average Bonchev–Trinajstić information content (AvgIpc) is 2.91. The van der Waals surface area contributed by atoms with Crippen LogP contribution >= 0.6 is 0 Å². The summed E-state index contributed by atoms with van der Waals surface area (Å²) in [4.78, 5) is 25.2. The molecule has 0 spiro atoms. The molecule has 0 heterocycles. The van der Waals surface area contributed by atoms with E-state index >= 15 is 0 Å². The molecule has 202 valence electrons. The number of hydrogen-bond acceptors (Lipinski definition) is 4. The second kappa shape index (κ2) is 12.6. The number of urea groups is 2. The van der Waals surface area contributed by atoms with E-state index in [4.69, 9.17) is 0 Å². The maximum atomic E-state index is 12.6. The molecule has 38 heavy (non-hydrogen) atoms. The van der Waals surface area contributed by atoms with Gasteiger partial charge in [0.15, 0.2) is 0 Å². The molecule has 0 aromatic heterocycles. The molecule has 0 bridgehead atoms. The lowest BCUT2D eigenvalue weighted by Crippen LogP contribution is -2.48. The van der Waals surface area contributed by atoms with Crippen LogP contribution in [0.1, 0.15) is 62.2 Å². The van der Waals surface area contributed by atoms with Gasteiger partial charge in [-0.05, 0) is 49.9 Å². The lowest BCUT2D eigenvalue weighted by molar-refractivity contribution is 0.171. The van der Waals surface area contributed by atoms with E-state index in [-0.39, 0.29) is 13.1 Å². The predicted molar refractivity (Wildman–Crippen MR) is 148 cm³/mol. The van der Waals surface area contributed by atoms with Gasteiger partial charge in [0.05, 0.1) is 23.3 Å². The monoisotopic (exact) mass is 518 g/mol. The standard InChI is InChI=1S/C30H38N4O4/c1-29(2,33-27(37)31-19-25(35)21-12-7-5-8-13-21)23-16-11-17-24(18-23)30(3,4)34-28(38)32-20-26(36)22-14-9-6-10-15-22/h5-18,25-26,35-36H,19-20H2,1-4H3,(H2,31,33,37)(H2,32,34,38)/t25-,26-/m0/s1. The van der Waals surface area contributed by atoms with Crippen molar-refractivity contribution in [3.63, 3.8) is 0 Å². The zero-order valence-corrected chi connectivity index (χ0v) is 22.4. The number of nitrogens with one attached hydrogen (secondary N) is 4. The number of carbonyl (C=O) groups excluding carboxylic acids is 2. The Kier molecular flexibility index (Phi) is 9.50. The molecule has 3 rings (SSSR count). The van der Waals surface area contributed by atoms with Crippen molar-refractivity contribution in [1.82, 2.24) is 21.3 Å². The minimum atomic E-state index is -0.805. The normalized spacial score (nSPS) is 13.2. The first-order chi connectivity index (χ1) is 18.0. The Morgan fingerprint density at radius 1 is 0.632 bits per heavy atom. The molecule has 0 aliphatic rings. The first-order valence-corrected chi connectivity index (χ1v) is 12.7. The fraction of sp³-hybridized carbons (Fsp3) is 0.333. The third-order valence-electron chi connectivity index (χ3n) is 6.44. The van der Waals surface area contributed by atoms with Gasteiger partial charge in [-0.25, -0.2) is 9.59 Å². The molecule has 8 nitrogen and oxygen atoms in total. The van der Waals surface area contributed by atoms with Crippen LogP contribution in [-0.4, -0.2) is 35.4 Å². The SMILES string of the molecule is CC(C)(NC(=O)NC[C@H](O)c1ccccc1)c1cccc(C(C)(C)NC(=O)NC[C@H](O)c2ccccc2)c1.